The van der Waals surface area contributed by atoms with E-state index >= 15 is 0 Å². The zero-order valence-corrected chi connectivity index (χ0v) is 8.45. The van der Waals surface area contributed by atoms with Gasteiger partial charge in [0.1, 0.15) is 6.73 Å². The molecule has 0 unspecified atom stereocenters. The quantitative estimate of drug-likeness (QED) is 0.707. The van der Waals surface area contributed by atoms with Crippen molar-refractivity contribution in [2.24, 2.45) is 0 Å². The van der Waals surface area contributed by atoms with Gasteiger partial charge < -0.3 is 14.7 Å². The summed E-state index contributed by atoms with van der Waals surface area (Å²) in [5.74, 6) is 0.0764. The molecule has 1 rings (SSSR count). The molecule has 0 aliphatic carbocycles. The Balaban J connectivity index is 0.000000252. The molecule has 1 fully saturated rings. The second kappa shape index (κ2) is 8.01. The van der Waals surface area contributed by atoms with E-state index in [1.807, 2.05) is 13.8 Å². The first-order valence-electron chi connectivity index (χ1n) is 4.72. The number of hydrogen-bond donors (Lipinski definition) is 1. The van der Waals surface area contributed by atoms with Gasteiger partial charge in [0.2, 0.25) is 5.91 Å². The van der Waals surface area contributed by atoms with Crippen LogP contribution in [-0.2, 0) is 9.53 Å². The van der Waals surface area contributed by atoms with Gasteiger partial charge in [0.05, 0.1) is 0 Å². The molecule has 4 nitrogen and oxygen atoms in total. The van der Waals surface area contributed by atoms with Crippen LogP contribution in [-0.4, -0.2) is 42.4 Å². The minimum absolute atomic E-state index is 0.0764. The molecule has 1 heterocycles. The number of aliphatic hydroxyl groups is 1. The number of hydrogen-bond acceptors (Lipinski definition) is 3. The maximum Gasteiger partial charge on any atom is 0.224 e. The van der Waals surface area contributed by atoms with Gasteiger partial charge in [-0.1, -0.05) is 0 Å². The van der Waals surface area contributed by atoms with Gasteiger partial charge in [0.25, 0.3) is 0 Å². The van der Waals surface area contributed by atoms with E-state index in [1.54, 1.807) is 0 Å². The Hall–Kier alpha value is -0.610. The monoisotopic (exact) mass is 189 g/mol. The summed E-state index contributed by atoms with van der Waals surface area (Å²) in [7, 11) is 0. The molecule has 0 aromatic rings. The fraction of sp³-hybridized carbons (Fsp3) is 0.889. The third kappa shape index (κ3) is 5.60. The lowest BCUT2D eigenvalue weighted by molar-refractivity contribution is -0.130. The fourth-order valence-electron chi connectivity index (χ4n) is 1.06. The van der Waals surface area contributed by atoms with Crippen molar-refractivity contribution in [3.05, 3.63) is 0 Å². The maximum atomic E-state index is 10.6. The maximum absolute atomic E-state index is 10.6. The molecule has 0 bridgehead atoms. The second-order valence-electron chi connectivity index (χ2n) is 2.68. The molecule has 1 saturated heterocycles. The van der Waals surface area contributed by atoms with Crippen molar-refractivity contribution in [3.63, 3.8) is 0 Å². The van der Waals surface area contributed by atoms with E-state index in [0.717, 1.165) is 26.2 Å². The summed E-state index contributed by atoms with van der Waals surface area (Å²) in [4.78, 5) is 12.0. The summed E-state index contributed by atoms with van der Waals surface area (Å²) in [5, 5.41) is 8.44. The fourth-order valence-corrected chi connectivity index (χ4v) is 1.06. The van der Waals surface area contributed by atoms with Crippen molar-refractivity contribution >= 4 is 5.91 Å². The largest absolute Gasteiger partial charge is 0.382 e. The van der Waals surface area contributed by atoms with E-state index < -0.39 is 0 Å². The molecule has 0 aromatic carbocycles. The van der Waals surface area contributed by atoms with Crippen molar-refractivity contribution in [1.82, 2.24) is 4.90 Å². The Morgan fingerprint density at radius 2 is 2.08 bits per heavy atom. The highest BCUT2D eigenvalue weighted by Crippen LogP contribution is 2.06. The van der Waals surface area contributed by atoms with Crippen LogP contribution in [0.2, 0.25) is 0 Å². The molecule has 78 valence electrons. The third-order valence-corrected chi connectivity index (χ3v) is 1.75. The van der Waals surface area contributed by atoms with Gasteiger partial charge in [-0.3, -0.25) is 4.79 Å². The van der Waals surface area contributed by atoms with Crippen molar-refractivity contribution in [2.75, 3.05) is 26.5 Å². The van der Waals surface area contributed by atoms with Crippen LogP contribution in [0.4, 0.5) is 0 Å². The molecule has 0 aromatic heterocycles. The first kappa shape index (κ1) is 12.4. The highest BCUT2D eigenvalue weighted by Gasteiger charge is 2.17. The molecular weight excluding hydrogens is 170 g/mol. The summed E-state index contributed by atoms with van der Waals surface area (Å²) in [6.45, 7) is 6.29. The minimum atomic E-state index is -0.112. The molecule has 0 spiro atoms. The standard InChI is InChI=1S/C5H9NO2.C4H10O/c7-4-6-3-1-2-5(6)8;1-3-5-4-2/h7H,1-4H2;3-4H2,1-2H3. The summed E-state index contributed by atoms with van der Waals surface area (Å²) < 4.78 is 4.83. The number of carbonyl (C=O) groups excluding carboxylic acids is 1. The predicted molar refractivity (Wildman–Crippen MR) is 50.2 cm³/mol. The average Bonchev–Trinajstić information content (AvgIpc) is 2.53. The smallest absolute Gasteiger partial charge is 0.224 e. The van der Waals surface area contributed by atoms with Crippen LogP contribution in [0.5, 0.6) is 0 Å². The molecule has 1 aliphatic heterocycles. The van der Waals surface area contributed by atoms with E-state index in [4.69, 9.17) is 9.84 Å². The molecule has 13 heavy (non-hydrogen) atoms. The molecule has 0 radical (unpaired) electrons. The predicted octanol–water partition coefficient (Wildman–Crippen LogP) is 0.601. The lowest BCUT2D eigenvalue weighted by Crippen LogP contribution is -2.24. The van der Waals surface area contributed by atoms with Gasteiger partial charge >= 0.3 is 0 Å². The van der Waals surface area contributed by atoms with Gasteiger partial charge in [0.15, 0.2) is 0 Å². The number of carbonyl (C=O) groups is 1. The van der Waals surface area contributed by atoms with Crippen LogP contribution >= 0.6 is 0 Å². The molecule has 0 atom stereocenters. The van der Waals surface area contributed by atoms with Gasteiger partial charge in [-0.15, -0.1) is 0 Å². The molecule has 0 saturated carbocycles. The molecule has 1 amide bonds. The molecule has 1 N–H and O–H groups in total. The number of rotatable bonds is 3. The highest BCUT2D eigenvalue weighted by molar-refractivity contribution is 5.77. The van der Waals surface area contributed by atoms with Gasteiger partial charge in [-0.05, 0) is 20.3 Å². The molecule has 1 aliphatic rings. The van der Waals surface area contributed by atoms with Crippen molar-refractivity contribution in [2.45, 2.75) is 26.7 Å². The topological polar surface area (TPSA) is 49.8 Å². The SMILES string of the molecule is CCOCC.O=C1CCCN1CO. The van der Waals surface area contributed by atoms with Gasteiger partial charge in [-0.25, -0.2) is 0 Å². The van der Waals surface area contributed by atoms with Crippen molar-refractivity contribution in [1.29, 1.82) is 0 Å². The number of likely N-dealkylation sites (tertiary alicyclic amines) is 1. The van der Waals surface area contributed by atoms with Crippen LogP contribution in [0.15, 0.2) is 0 Å². The zero-order chi connectivity index (χ0) is 10.1. The van der Waals surface area contributed by atoms with E-state index in [-0.39, 0.29) is 12.6 Å². The van der Waals surface area contributed by atoms with Crippen molar-refractivity contribution < 1.29 is 14.6 Å². The van der Waals surface area contributed by atoms with Crippen LogP contribution in [0.3, 0.4) is 0 Å². The number of nitrogens with zero attached hydrogens (tertiary/aromatic N) is 1. The number of ether oxygens (including phenoxy) is 1. The Morgan fingerprint density at radius 1 is 1.46 bits per heavy atom. The van der Waals surface area contributed by atoms with E-state index in [2.05, 4.69) is 0 Å². The number of amides is 1. The highest BCUT2D eigenvalue weighted by atomic mass is 16.5. The van der Waals surface area contributed by atoms with Crippen LogP contribution in [0.25, 0.3) is 0 Å². The second-order valence-corrected chi connectivity index (χ2v) is 2.68. The first-order chi connectivity index (χ1) is 6.26. The van der Waals surface area contributed by atoms with E-state index in [9.17, 15) is 4.79 Å². The molecular formula is C9H19NO3. The summed E-state index contributed by atoms with van der Waals surface area (Å²) in [6, 6.07) is 0. The third-order valence-electron chi connectivity index (χ3n) is 1.75. The lowest BCUT2D eigenvalue weighted by Gasteiger charge is -2.08. The summed E-state index contributed by atoms with van der Waals surface area (Å²) in [5.41, 5.74) is 0. The van der Waals surface area contributed by atoms with Gasteiger partial charge in [-0.2, -0.15) is 0 Å². The number of aliphatic hydroxyl groups excluding tert-OH is 1. The normalized spacial score (nSPS) is 15.6. The first-order valence-corrected chi connectivity index (χ1v) is 4.72. The Labute approximate surface area is 79.5 Å². The van der Waals surface area contributed by atoms with Crippen LogP contribution in [0.1, 0.15) is 26.7 Å². The Kier molecular flexibility index (Phi) is 7.63. The van der Waals surface area contributed by atoms with E-state index in [1.165, 1.54) is 4.90 Å². The van der Waals surface area contributed by atoms with Gasteiger partial charge in [0, 0.05) is 26.2 Å². The summed E-state index contributed by atoms with van der Waals surface area (Å²) >= 11 is 0. The Bertz CT molecular complexity index is 137. The Morgan fingerprint density at radius 3 is 2.23 bits per heavy atom. The van der Waals surface area contributed by atoms with Crippen LogP contribution in [0, 0.1) is 0 Å². The lowest BCUT2D eigenvalue weighted by atomic mass is 10.4. The summed E-state index contributed by atoms with van der Waals surface area (Å²) in [6.07, 6.45) is 1.51. The zero-order valence-electron chi connectivity index (χ0n) is 8.45. The molecule has 4 heteroatoms. The van der Waals surface area contributed by atoms with E-state index in [0.29, 0.717) is 6.42 Å². The van der Waals surface area contributed by atoms with Crippen molar-refractivity contribution in [3.8, 4) is 0 Å². The average molecular weight is 189 g/mol. The van der Waals surface area contributed by atoms with Crippen LogP contribution < -0.4 is 0 Å². The minimum Gasteiger partial charge on any atom is -0.382 e.